The van der Waals surface area contributed by atoms with E-state index in [-0.39, 0.29) is 29.8 Å². The van der Waals surface area contributed by atoms with Gasteiger partial charge >= 0.3 is 6.09 Å². The molecule has 6 nitrogen and oxygen atoms in total. The van der Waals surface area contributed by atoms with Gasteiger partial charge in [-0.25, -0.2) is 4.79 Å². The third kappa shape index (κ3) is 3.18. The highest BCUT2D eigenvalue weighted by atomic mass is 16.6. The first-order valence-electron chi connectivity index (χ1n) is 8.21. The molecule has 24 heavy (non-hydrogen) atoms. The summed E-state index contributed by atoms with van der Waals surface area (Å²) in [5.41, 5.74) is -0.759. The van der Waals surface area contributed by atoms with Crippen LogP contribution in [0.2, 0.25) is 0 Å². The Morgan fingerprint density at radius 3 is 2.58 bits per heavy atom. The summed E-state index contributed by atoms with van der Waals surface area (Å²) in [6.07, 6.45) is 0.992. The lowest BCUT2D eigenvalue weighted by atomic mass is 9.82. The largest absolute Gasteiger partial charge is 0.504 e. The molecule has 0 aromatic heterocycles. The normalized spacial score (nSPS) is 19.6. The smallest absolute Gasteiger partial charge is 0.410 e. The molecule has 1 aromatic carbocycles. The van der Waals surface area contributed by atoms with Crippen molar-refractivity contribution in [2.75, 3.05) is 13.1 Å². The zero-order valence-electron chi connectivity index (χ0n) is 14.3. The van der Waals surface area contributed by atoms with Gasteiger partial charge in [-0.1, -0.05) is 6.07 Å². The number of nitrogens with zero attached hydrogens (tertiary/aromatic N) is 1. The van der Waals surface area contributed by atoms with Crippen molar-refractivity contribution in [3.05, 3.63) is 23.8 Å². The number of carbonyl (C=O) groups excluding carboxylic acids is 2. The fourth-order valence-corrected chi connectivity index (χ4v) is 3.19. The van der Waals surface area contributed by atoms with Crippen LogP contribution in [-0.2, 0) is 4.74 Å². The molecule has 1 aromatic rings. The van der Waals surface area contributed by atoms with E-state index in [0.29, 0.717) is 31.5 Å². The molecule has 0 saturated carbocycles. The number of amides is 1. The summed E-state index contributed by atoms with van der Waals surface area (Å²) < 4.78 is 11.4. The number of carbonyl (C=O) groups is 2. The second kappa shape index (κ2) is 5.69. The van der Waals surface area contributed by atoms with E-state index in [9.17, 15) is 14.7 Å². The molecule has 1 N–H and O–H groups in total. The molecule has 0 aliphatic carbocycles. The van der Waals surface area contributed by atoms with Gasteiger partial charge in [0.05, 0.1) is 12.0 Å². The van der Waals surface area contributed by atoms with Crippen LogP contribution in [0.3, 0.4) is 0 Å². The van der Waals surface area contributed by atoms with Crippen LogP contribution in [0.15, 0.2) is 18.2 Å². The first-order valence-corrected chi connectivity index (χ1v) is 8.21. The third-order valence-corrected chi connectivity index (χ3v) is 4.42. The highest BCUT2D eigenvalue weighted by Gasteiger charge is 2.44. The highest BCUT2D eigenvalue weighted by Crippen LogP contribution is 2.43. The van der Waals surface area contributed by atoms with Crippen LogP contribution in [-0.4, -0.2) is 46.2 Å². The average molecular weight is 333 g/mol. The SMILES string of the molecule is CC(C)(C)OC(=O)N1CCC2(CC1)CC(=O)c1cccc(O)c1O2. The van der Waals surface area contributed by atoms with Crippen LogP contribution in [0.25, 0.3) is 0 Å². The van der Waals surface area contributed by atoms with Gasteiger partial charge in [-0.05, 0) is 32.9 Å². The van der Waals surface area contributed by atoms with Crippen molar-refractivity contribution < 1.29 is 24.2 Å². The minimum atomic E-state index is -0.651. The summed E-state index contributed by atoms with van der Waals surface area (Å²) in [6, 6.07) is 4.82. The summed E-state index contributed by atoms with van der Waals surface area (Å²) in [4.78, 5) is 26.2. The fourth-order valence-electron chi connectivity index (χ4n) is 3.19. The number of ether oxygens (including phenoxy) is 2. The van der Waals surface area contributed by atoms with Gasteiger partial charge in [0.25, 0.3) is 0 Å². The monoisotopic (exact) mass is 333 g/mol. The molecule has 0 unspecified atom stereocenters. The standard InChI is InChI=1S/C18H23NO5/c1-17(2,3)24-16(22)19-9-7-18(8-10-19)11-14(21)12-5-4-6-13(20)15(12)23-18/h4-6,20H,7-11H2,1-3H3. The van der Waals surface area contributed by atoms with Crippen molar-refractivity contribution >= 4 is 11.9 Å². The number of piperidine rings is 1. The van der Waals surface area contributed by atoms with Gasteiger partial charge in [0, 0.05) is 25.9 Å². The molecule has 1 fully saturated rings. The first kappa shape index (κ1) is 16.6. The Morgan fingerprint density at radius 2 is 1.96 bits per heavy atom. The number of rotatable bonds is 0. The number of aromatic hydroxyl groups is 1. The fraction of sp³-hybridized carbons (Fsp3) is 0.556. The van der Waals surface area contributed by atoms with Crippen LogP contribution in [0.4, 0.5) is 4.79 Å². The van der Waals surface area contributed by atoms with Crippen LogP contribution in [0.5, 0.6) is 11.5 Å². The molecule has 3 rings (SSSR count). The summed E-state index contributed by atoms with van der Waals surface area (Å²) >= 11 is 0. The molecule has 1 amide bonds. The number of phenolic OH excluding ortho intramolecular Hbond substituents is 1. The Morgan fingerprint density at radius 1 is 1.29 bits per heavy atom. The van der Waals surface area contributed by atoms with Gasteiger partial charge in [-0.15, -0.1) is 0 Å². The van der Waals surface area contributed by atoms with Gasteiger partial charge < -0.3 is 19.5 Å². The second-order valence-corrected chi connectivity index (χ2v) is 7.51. The van der Waals surface area contributed by atoms with E-state index in [0.717, 1.165) is 0 Å². The van der Waals surface area contributed by atoms with Crippen molar-refractivity contribution in [1.82, 2.24) is 4.90 Å². The van der Waals surface area contributed by atoms with E-state index in [1.807, 2.05) is 20.8 Å². The maximum absolute atomic E-state index is 12.4. The number of benzene rings is 1. The minimum absolute atomic E-state index is 0.0190. The van der Waals surface area contributed by atoms with Gasteiger partial charge in [0.15, 0.2) is 17.3 Å². The Bertz CT molecular complexity index is 668. The Hall–Kier alpha value is -2.24. The number of fused-ring (bicyclic) bond motifs is 1. The molecule has 130 valence electrons. The molecule has 1 saturated heterocycles. The Kier molecular flexibility index (Phi) is 3.94. The summed E-state index contributed by atoms with van der Waals surface area (Å²) in [7, 11) is 0. The molecule has 0 atom stereocenters. The lowest BCUT2D eigenvalue weighted by Gasteiger charge is -2.44. The van der Waals surface area contributed by atoms with Gasteiger partial charge in [-0.3, -0.25) is 4.79 Å². The minimum Gasteiger partial charge on any atom is -0.504 e. The third-order valence-electron chi connectivity index (χ3n) is 4.42. The van der Waals surface area contributed by atoms with Crippen molar-refractivity contribution in [3.63, 3.8) is 0 Å². The van der Waals surface area contributed by atoms with Crippen LogP contribution in [0, 0.1) is 0 Å². The van der Waals surface area contributed by atoms with E-state index in [2.05, 4.69) is 0 Å². The maximum Gasteiger partial charge on any atom is 0.410 e. The molecule has 2 aliphatic rings. The number of hydrogen-bond donors (Lipinski definition) is 1. The number of hydrogen-bond acceptors (Lipinski definition) is 5. The van der Waals surface area contributed by atoms with E-state index in [4.69, 9.17) is 9.47 Å². The Labute approximate surface area is 141 Å². The highest BCUT2D eigenvalue weighted by molar-refractivity contribution is 6.01. The molecule has 6 heteroatoms. The van der Waals surface area contributed by atoms with E-state index >= 15 is 0 Å². The number of phenols is 1. The van der Waals surface area contributed by atoms with E-state index in [1.165, 1.54) is 6.07 Å². The quantitative estimate of drug-likeness (QED) is 0.789. The van der Waals surface area contributed by atoms with Crippen molar-refractivity contribution in [3.8, 4) is 11.5 Å². The number of likely N-dealkylation sites (tertiary alicyclic amines) is 1. The summed E-state index contributed by atoms with van der Waals surface area (Å²) in [5.74, 6) is 0.215. The van der Waals surface area contributed by atoms with Crippen LogP contribution >= 0.6 is 0 Å². The molecule has 1 spiro atoms. The molecular weight excluding hydrogens is 310 g/mol. The predicted octanol–water partition coefficient (Wildman–Crippen LogP) is 3.13. The molecule has 2 aliphatic heterocycles. The van der Waals surface area contributed by atoms with Gasteiger partial charge in [-0.2, -0.15) is 0 Å². The van der Waals surface area contributed by atoms with E-state index < -0.39 is 11.2 Å². The first-order chi connectivity index (χ1) is 11.2. The second-order valence-electron chi connectivity index (χ2n) is 7.51. The zero-order valence-corrected chi connectivity index (χ0v) is 14.3. The summed E-state index contributed by atoms with van der Waals surface area (Å²) in [5, 5.41) is 9.99. The lowest BCUT2D eigenvalue weighted by Crippen LogP contribution is -2.52. The number of para-hydroxylation sites is 1. The van der Waals surface area contributed by atoms with Gasteiger partial charge in [0.1, 0.15) is 11.2 Å². The molecule has 2 heterocycles. The van der Waals surface area contributed by atoms with Crippen LogP contribution < -0.4 is 4.74 Å². The topological polar surface area (TPSA) is 76.1 Å². The summed E-state index contributed by atoms with van der Waals surface area (Å²) in [6.45, 7) is 6.42. The van der Waals surface area contributed by atoms with E-state index in [1.54, 1.807) is 17.0 Å². The Balaban J connectivity index is 1.71. The lowest BCUT2D eigenvalue weighted by molar-refractivity contribution is -0.0236. The van der Waals surface area contributed by atoms with Crippen LogP contribution in [0.1, 0.15) is 50.4 Å². The molecule has 0 bridgehead atoms. The predicted molar refractivity (Wildman–Crippen MR) is 87.5 cm³/mol. The van der Waals surface area contributed by atoms with Crippen molar-refractivity contribution in [2.45, 2.75) is 51.2 Å². The average Bonchev–Trinajstić information content (AvgIpc) is 2.47. The molecular formula is C18H23NO5. The molecule has 0 radical (unpaired) electrons. The number of Topliss-reactive ketones (excluding diaryl/α,β-unsaturated/α-hetero) is 1. The number of ketones is 1. The van der Waals surface area contributed by atoms with Crippen molar-refractivity contribution in [1.29, 1.82) is 0 Å². The zero-order chi connectivity index (χ0) is 17.5. The van der Waals surface area contributed by atoms with Crippen molar-refractivity contribution in [2.24, 2.45) is 0 Å². The van der Waals surface area contributed by atoms with Gasteiger partial charge in [0.2, 0.25) is 0 Å². The maximum atomic E-state index is 12.4.